The van der Waals surface area contributed by atoms with Gasteiger partial charge in [0.15, 0.2) is 5.82 Å². The van der Waals surface area contributed by atoms with Crippen molar-refractivity contribution in [1.82, 2.24) is 20.4 Å². The lowest BCUT2D eigenvalue weighted by Gasteiger charge is -2.14. The zero-order valence-electron chi connectivity index (χ0n) is 18.5. The zero-order valence-corrected chi connectivity index (χ0v) is 18.5. The molecule has 1 saturated heterocycles. The fraction of sp³-hybridized carbons (Fsp3) is 0.222. The van der Waals surface area contributed by atoms with Gasteiger partial charge in [0.2, 0.25) is 5.89 Å². The molecule has 2 atom stereocenters. The van der Waals surface area contributed by atoms with Gasteiger partial charge in [0.25, 0.3) is 5.91 Å². The molecule has 1 N–H and O–H groups in total. The summed E-state index contributed by atoms with van der Waals surface area (Å²) >= 11 is 0. The Balaban J connectivity index is 1.20. The molecule has 0 bridgehead atoms. The van der Waals surface area contributed by atoms with Gasteiger partial charge in [-0.1, -0.05) is 78.0 Å². The van der Waals surface area contributed by atoms with Crippen LogP contribution >= 0.6 is 0 Å². The second-order valence-corrected chi connectivity index (χ2v) is 8.52. The Morgan fingerprint density at radius 1 is 0.970 bits per heavy atom. The first-order valence-corrected chi connectivity index (χ1v) is 11.2. The SMILES string of the molecule is CN1CC(NC(=O)c2ccc(-c3ccccc3)cc2)CC1c1nc(Cc2ccccc2)no1. The quantitative estimate of drug-likeness (QED) is 0.480. The minimum absolute atomic E-state index is 0.00669. The van der Waals surface area contributed by atoms with E-state index in [-0.39, 0.29) is 18.0 Å². The molecule has 2 unspecified atom stereocenters. The molecule has 0 spiro atoms. The lowest BCUT2D eigenvalue weighted by atomic mass is 10.0. The number of likely N-dealkylation sites (N-methyl/N-ethyl adjacent to an activating group) is 1. The van der Waals surface area contributed by atoms with Crippen molar-refractivity contribution in [2.24, 2.45) is 0 Å². The van der Waals surface area contributed by atoms with Crippen molar-refractivity contribution in [1.29, 1.82) is 0 Å². The van der Waals surface area contributed by atoms with Crippen LogP contribution in [-0.4, -0.2) is 40.6 Å². The number of carbonyl (C=O) groups excluding carboxylic acids is 1. The molecule has 1 aromatic heterocycles. The molecule has 6 nitrogen and oxygen atoms in total. The van der Waals surface area contributed by atoms with Crippen LogP contribution in [0.1, 0.15) is 40.1 Å². The van der Waals surface area contributed by atoms with E-state index in [1.165, 1.54) is 0 Å². The minimum atomic E-state index is -0.0658. The van der Waals surface area contributed by atoms with Crippen molar-refractivity contribution in [2.75, 3.05) is 13.6 Å². The van der Waals surface area contributed by atoms with Gasteiger partial charge in [-0.05, 0) is 42.3 Å². The Labute approximate surface area is 193 Å². The van der Waals surface area contributed by atoms with Crippen molar-refractivity contribution in [3.05, 3.63) is 108 Å². The Morgan fingerprint density at radius 3 is 2.36 bits per heavy atom. The number of aromatic nitrogens is 2. The molecule has 166 valence electrons. The molecule has 1 aliphatic rings. The summed E-state index contributed by atoms with van der Waals surface area (Å²) < 4.78 is 5.57. The van der Waals surface area contributed by atoms with Crippen LogP contribution in [0.15, 0.2) is 89.5 Å². The normalized spacial score (nSPS) is 18.3. The van der Waals surface area contributed by atoms with Crippen LogP contribution in [0.2, 0.25) is 0 Å². The van der Waals surface area contributed by atoms with E-state index in [0.717, 1.165) is 29.7 Å². The maximum atomic E-state index is 12.8. The Bertz CT molecular complexity index is 1210. The highest BCUT2D eigenvalue weighted by atomic mass is 16.5. The van der Waals surface area contributed by atoms with Gasteiger partial charge in [-0.2, -0.15) is 4.98 Å². The summed E-state index contributed by atoms with van der Waals surface area (Å²) in [7, 11) is 2.02. The average Bonchev–Trinajstić information content (AvgIpc) is 3.46. The topological polar surface area (TPSA) is 71.3 Å². The zero-order chi connectivity index (χ0) is 22.6. The lowest BCUT2D eigenvalue weighted by molar-refractivity contribution is 0.0938. The number of carbonyl (C=O) groups is 1. The fourth-order valence-corrected chi connectivity index (χ4v) is 4.36. The maximum absolute atomic E-state index is 12.8. The van der Waals surface area contributed by atoms with E-state index in [1.54, 1.807) is 0 Å². The summed E-state index contributed by atoms with van der Waals surface area (Å²) in [6, 6.07) is 28.0. The lowest BCUT2D eigenvalue weighted by Crippen LogP contribution is -2.36. The highest BCUT2D eigenvalue weighted by molar-refractivity contribution is 5.94. The van der Waals surface area contributed by atoms with Gasteiger partial charge in [0, 0.05) is 24.6 Å². The van der Waals surface area contributed by atoms with Crippen LogP contribution < -0.4 is 5.32 Å². The van der Waals surface area contributed by atoms with Gasteiger partial charge in [-0.3, -0.25) is 9.69 Å². The Hall–Kier alpha value is -3.77. The Morgan fingerprint density at radius 2 is 1.64 bits per heavy atom. The molecule has 0 aliphatic carbocycles. The molecule has 33 heavy (non-hydrogen) atoms. The molecule has 0 saturated carbocycles. The van der Waals surface area contributed by atoms with Gasteiger partial charge in [-0.25, -0.2) is 0 Å². The van der Waals surface area contributed by atoms with Crippen LogP contribution in [-0.2, 0) is 6.42 Å². The predicted molar refractivity (Wildman–Crippen MR) is 127 cm³/mol. The molecular formula is C27H26N4O2. The fourth-order valence-electron chi connectivity index (χ4n) is 4.36. The number of nitrogens with one attached hydrogen (secondary N) is 1. The van der Waals surface area contributed by atoms with Crippen molar-refractivity contribution < 1.29 is 9.32 Å². The number of nitrogens with zero attached hydrogens (tertiary/aromatic N) is 3. The van der Waals surface area contributed by atoms with Crippen molar-refractivity contribution in [3.8, 4) is 11.1 Å². The van der Waals surface area contributed by atoms with Gasteiger partial charge < -0.3 is 9.84 Å². The second kappa shape index (κ2) is 9.38. The average molecular weight is 439 g/mol. The van der Waals surface area contributed by atoms with Crippen LogP contribution in [0.25, 0.3) is 11.1 Å². The molecular weight excluding hydrogens is 412 g/mol. The number of benzene rings is 3. The third-order valence-electron chi connectivity index (χ3n) is 6.11. The van der Waals surface area contributed by atoms with Crippen LogP contribution in [0.5, 0.6) is 0 Å². The van der Waals surface area contributed by atoms with E-state index in [9.17, 15) is 4.79 Å². The number of amides is 1. The third kappa shape index (κ3) is 4.86. The third-order valence-corrected chi connectivity index (χ3v) is 6.11. The molecule has 0 radical (unpaired) electrons. The number of rotatable bonds is 6. The van der Waals surface area contributed by atoms with E-state index >= 15 is 0 Å². The summed E-state index contributed by atoms with van der Waals surface area (Å²) in [6.45, 7) is 0.731. The first-order chi connectivity index (χ1) is 16.2. The minimum Gasteiger partial charge on any atom is -0.348 e. The largest absolute Gasteiger partial charge is 0.348 e. The molecule has 3 aromatic carbocycles. The molecule has 1 fully saturated rings. The molecule has 1 amide bonds. The highest BCUT2D eigenvalue weighted by Gasteiger charge is 2.35. The summed E-state index contributed by atoms with van der Waals surface area (Å²) in [5, 5.41) is 7.32. The summed E-state index contributed by atoms with van der Waals surface area (Å²) in [4.78, 5) is 19.6. The van der Waals surface area contributed by atoms with Crippen LogP contribution in [0.4, 0.5) is 0 Å². The first kappa shape index (κ1) is 21.1. The van der Waals surface area contributed by atoms with E-state index in [4.69, 9.17) is 4.52 Å². The highest BCUT2D eigenvalue weighted by Crippen LogP contribution is 2.30. The predicted octanol–water partition coefficient (Wildman–Crippen LogP) is 4.50. The summed E-state index contributed by atoms with van der Waals surface area (Å²) in [5.41, 5.74) is 4.03. The molecule has 5 rings (SSSR count). The standard InChI is InChI=1S/C27H26N4O2/c1-31-18-23(17-24(31)27-29-25(30-33-27)16-19-8-4-2-5-9-19)28-26(32)22-14-12-21(13-15-22)20-10-6-3-7-11-20/h2-15,23-24H,16-18H2,1H3,(H,28,32). The van der Waals surface area contributed by atoms with E-state index < -0.39 is 0 Å². The molecule has 4 aromatic rings. The van der Waals surface area contributed by atoms with Crippen molar-refractivity contribution >= 4 is 5.91 Å². The van der Waals surface area contributed by atoms with Gasteiger partial charge >= 0.3 is 0 Å². The van der Waals surface area contributed by atoms with E-state index in [1.807, 2.05) is 67.7 Å². The smallest absolute Gasteiger partial charge is 0.251 e. The first-order valence-electron chi connectivity index (χ1n) is 11.2. The molecule has 1 aliphatic heterocycles. The van der Waals surface area contributed by atoms with Crippen LogP contribution in [0.3, 0.4) is 0 Å². The van der Waals surface area contributed by atoms with Gasteiger partial charge in [-0.15, -0.1) is 0 Å². The Kier molecular flexibility index (Phi) is 6.00. The molecule has 6 heteroatoms. The second-order valence-electron chi connectivity index (χ2n) is 8.52. The van der Waals surface area contributed by atoms with E-state index in [0.29, 0.717) is 23.7 Å². The van der Waals surface area contributed by atoms with Gasteiger partial charge in [0.1, 0.15) is 0 Å². The van der Waals surface area contributed by atoms with Crippen molar-refractivity contribution in [3.63, 3.8) is 0 Å². The number of hydrogen-bond acceptors (Lipinski definition) is 5. The molecule has 2 heterocycles. The number of likely N-dealkylation sites (tertiary alicyclic amines) is 1. The summed E-state index contributed by atoms with van der Waals surface area (Å²) in [5.74, 6) is 1.21. The van der Waals surface area contributed by atoms with Crippen LogP contribution in [0, 0.1) is 0 Å². The van der Waals surface area contributed by atoms with E-state index in [2.05, 4.69) is 44.6 Å². The maximum Gasteiger partial charge on any atom is 0.251 e. The van der Waals surface area contributed by atoms with Gasteiger partial charge in [0.05, 0.1) is 6.04 Å². The number of hydrogen-bond donors (Lipinski definition) is 1. The summed E-state index contributed by atoms with van der Waals surface area (Å²) in [6.07, 6.45) is 1.37. The van der Waals surface area contributed by atoms with Crippen molar-refractivity contribution in [2.45, 2.75) is 24.9 Å². The monoisotopic (exact) mass is 438 g/mol.